The largest absolute Gasteiger partial charge is 0.385 e. The summed E-state index contributed by atoms with van der Waals surface area (Å²) in [6.07, 6.45) is 5.15. The summed E-state index contributed by atoms with van der Waals surface area (Å²) in [6.45, 7) is 2.12. The fourth-order valence-corrected chi connectivity index (χ4v) is 2.77. The predicted octanol–water partition coefficient (Wildman–Crippen LogP) is 2.57. The zero-order valence-corrected chi connectivity index (χ0v) is 8.27. The van der Waals surface area contributed by atoms with Crippen molar-refractivity contribution in [2.75, 3.05) is 0 Å². The van der Waals surface area contributed by atoms with E-state index in [4.69, 9.17) is 0 Å². The van der Waals surface area contributed by atoms with Gasteiger partial charge in [0.15, 0.2) is 0 Å². The molecule has 0 radical (unpaired) electrons. The lowest BCUT2D eigenvalue weighted by Gasteiger charge is -2.52. The summed E-state index contributed by atoms with van der Waals surface area (Å²) in [4.78, 5) is 0. The van der Waals surface area contributed by atoms with E-state index in [1.54, 1.807) is 0 Å². The van der Waals surface area contributed by atoms with Gasteiger partial charge in [-0.1, -0.05) is 43.3 Å². The van der Waals surface area contributed by atoms with E-state index in [-0.39, 0.29) is 0 Å². The van der Waals surface area contributed by atoms with Gasteiger partial charge in [0.2, 0.25) is 0 Å². The van der Waals surface area contributed by atoms with Crippen molar-refractivity contribution in [2.24, 2.45) is 5.92 Å². The summed E-state index contributed by atoms with van der Waals surface area (Å²) in [7, 11) is 0. The number of hydrogen-bond acceptors (Lipinski definition) is 1. The zero-order valence-electron chi connectivity index (χ0n) is 8.27. The van der Waals surface area contributed by atoms with Crippen LogP contribution in [0.15, 0.2) is 30.3 Å². The third-order valence-corrected chi connectivity index (χ3v) is 3.84. The average Bonchev–Trinajstić information content (AvgIpc) is 2.22. The first-order valence-corrected chi connectivity index (χ1v) is 5.22. The molecular weight excluding hydrogens is 172 g/mol. The van der Waals surface area contributed by atoms with Crippen molar-refractivity contribution in [1.82, 2.24) is 0 Å². The van der Waals surface area contributed by atoms with E-state index < -0.39 is 5.60 Å². The van der Waals surface area contributed by atoms with Gasteiger partial charge in [0.05, 0.1) is 5.60 Å². The number of benzene rings is 1. The summed E-state index contributed by atoms with van der Waals surface area (Å²) < 4.78 is 0. The molecule has 0 heterocycles. The van der Waals surface area contributed by atoms with Gasteiger partial charge in [-0.15, -0.1) is 0 Å². The molecule has 0 saturated heterocycles. The molecule has 2 aliphatic carbocycles. The molecule has 0 bridgehead atoms. The first kappa shape index (κ1) is 8.25. The van der Waals surface area contributed by atoms with Crippen LogP contribution in [0.3, 0.4) is 0 Å². The maximum absolute atomic E-state index is 10.4. The molecule has 1 fully saturated rings. The Labute approximate surface area is 84.1 Å². The van der Waals surface area contributed by atoms with Gasteiger partial charge in [0.25, 0.3) is 0 Å². The molecule has 0 amide bonds. The Balaban J connectivity index is 2.13. The number of rotatable bonds is 0. The van der Waals surface area contributed by atoms with Crippen molar-refractivity contribution in [3.8, 4) is 0 Å². The van der Waals surface area contributed by atoms with E-state index in [1.807, 2.05) is 6.08 Å². The summed E-state index contributed by atoms with van der Waals surface area (Å²) in [5, 5.41) is 10.4. The molecule has 14 heavy (non-hydrogen) atoms. The Morgan fingerprint density at radius 1 is 1.36 bits per heavy atom. The van der Waals surface area contributed by atoms with Gasteiger partial charge in [-0.05, 0) is 23.5 Å². The zero-order chi connectivity index (χ0) is 9.76. The van der Waals surface area contributed by atoms with Crippen molar-refractivity contribution in [3.05, 3.63) is 41.5 Å². The van der Waals surface area contributed by atoms with E-state index in [2.05, 4.69) is 37.3 Å². The highest BCUT2D eigenvalue weighted by atomic mass is 16.3. The van der Waals surface area contributed by atoms with Gasteiger partial charge in [-0.3, -0.25) is 0 Å². The second kappa shape index (κ2) is 2.48. The molecule has 3 atom stereocenters. The van der Waals surface area contributed by atoms with Crippen molar-refractivity contribution in [1.29, 1.82) is 0 Å². The number of fused-ring (bicyclic) bond motifs is 3. The summed E-state index contributed by atoms with van der Waals surface area (Å²) in [5.41, 5.74) is 2.03. The minimum atomic E-state index is -0.561. The minimum Gasteiger partial charge on any atom is -0.385 e. The number of aliphatic hydroxyl groups is 1. The standard InChI is InChI=1S/C13H14O/c1-9-8-12-11-5-3-2-4-10(11)6-7-13(9,12)14/h2-7,9,12,14H,8H2,1H3/t9-,12+,13-/m0/s1. The topological polar surface area (TPSA) is 20.2 Å². The van der Waals surface area contributed by atoms with Crippen molar-refractivity contribution >= 4 is 6.08 Å². The Kier molecular flexibility index (Phi) is 1.46. The van der Waals surface area contributed by atoms with E-state index in [0.29, 0.717) is 11.8 Å². The minimum absolute atomic E-state index is 0.332. The molecule has 3 rings (SSSR count). The van der Waals surface area contributed by atoms with E-state index in [0.717, 1.165) is 6.42 Å². The molecule has 0 unspecified atom stereocenters. The predicted molar refractivity (Wildman–Crippen MR) is 56.9 cm³/mol. The Morgan fingerprint density at radius 2 is 2.14 bits per heavy atom. The molecule has 1 heteroatoms. The molecule has 1 nitrogen and oxygen atoms in total. The second-order valence-electron chi connectivity index (χ2n) is 4.54. The van der Waals surface area contributed by atoms with Crippen LogP contribution in [-0.4, -0.2) is 10.7 Å². The fourth-order valence-electron chi connectivity index (χ4n) is 2.77. The lowest BCUT2D eigenvalue weighted by molar-refractivity contribution is -0.0684. The molecule has 1 N–H and O–H groups in total. The molecule has 1 aromatic rings. The summed E-state index contributed by atoms with van der Waals surface area (Å²) in [5.74, 6) is 0.732. The Bertz CT molecular complexity index is 407. The SMILES string of the molecule is C[C@H]1C[C@@H]2c3ccccc3C=C[C@@]21O. The van der Waals surface area contributed by atoms with Crippen LogP contribution in [0.2, 0.25) is 0 Å². The van der Waals surface area contributed by atoms with Crippen molar-refractivity contribution < 1.29 is 5.11 Å². The molecule has 0 aromatic heterocycles. The van der Waals surface area contributed by atoms with Crippen LogP contribution >= 0.6 is 0 Å². The van der Waals surface area contributed by atoms with Gasteiger partial charge in [-0.25, -0.2) is 0 Å². The van der Waals surface area contributed by atoms with E-state index in [1.165, 1.54) is 11.1 Å². The third-order valence-electron chi connectivity index (χ3n) is 3.84. The lowest BCUT2D eigenvalue weighted by atomic mass is 9.56. The van der Waals surface area contributed by atoms with Crippen LogP contribution in [0, 0.1) is 5.92 Å². The summed E-state index contributed by atoms with van der Waals surface area (Å²) in [6, 6.07) is 8.37. The quantitative estimate of drug-likeness (QED) is 0.660. The molecule has 1 saturated carbocycles. The third kappa shape index (κ3) is 0.833. The van der Waals surface area contributed by atoms with Crippen LogP contribution in [0.4, 0.5) is 0 Å². The molecule has 0 aliphatic heterocycles. The first-order valence-electron chi connectivity index (χ1n) is 5.22. The first-order chi connectivity index (χ1) is 6.72. The maximum atomic E-state index is 10.4. The van der Waals surface area contributed by atoms with Gasteiger partial charge in [-0.2, -0.15) is 0 Å². The lowest BCUT2D eigenvalue weighted by Crippen LogP contribution is -2.52. The van der Waals surface area contributed by atoms with E-state index in [9.17, 15) is 5.11 Å². The van der Waals surface area contributed by atoms with Gasteiger partial charge in [0, 0.05) is 5.92 Å². The molecule has 72 valence electrons. The molecule has 2 aliphatic rings. The average molecular weight is 186 g/mol. The molecule has 0 spiro atoms. The van der Waals surface area contributed by atoms with Crippen LogP contribution < -0.4 is 0 Å². The Hall–Kier alpha value is -1.08. The van der Waals surface area contributed by atoms with Crippen molar-refractivity contribution in [2.45, 2.75) is 24.9 Å². The second-order valence-corrected chi connectivity index (χ2v) is 4.54. The van der Waals surface area contributed by atoms with Gasteiger partial charge >= 0.3 is 0 Å². The highest BCUT2D eigenvalue weighted by Crippen LogP contribution is 2.54. The summed E-state index contributed by atoms with van der Waals surface area (Å²) >= 11 is 0. The van der Waals surface area contributed by atoms with Crippen LogP contribution in [-0.2, 0) is 0 Å². The molecule has 1 aromatic carbocycles. The normalized spacial score (nSPS) is 38.4. The monoisotopic (exact) mass is 186 g/mol. The highest BCUT2D eigenvalue weighted by molar-refractivity contribution is 5.62. The maximum Gasteiger partial charge on any atom is 0.0925 e. The van der Waals surface area contributed by atoms with Crippen LogP contribution in [0.1, 0.15) is 30.4 Å². The fraction of sp³-hybridized carbons (Fsp3) is 0.385. The van der Waals surface area contributed by atoms with Crippen molar-refractivity contribution in [3.63, 3.8) is 0 Å². The molecular formula is C13H14O. The van der Waals surface area contributed by atoms with Crippen LogP contribution in [0.5, 0.6) is 0 Å². The number of hydrogen-bond donors (Lipinski definition) is 1. The van der Waals surface area contributed by atoms with Gasteiger partial charge in [0.1, 0.15) is 0 Å². The smallest absolute Gasteiger partial charge is 0.0925 e. The Morgan fingerprint density at radius 3 is 2.93 bits per heavy atom. The van der Waals surface area contributed by atoms with Crippen LogP contribution in [0.25, 0.3) is 6.08 Å². The van der Waals surface area contributed by atoms with Gasteiger partial charge < -0.3 is 5.11 Å². The highest BCUT2D eigenvalue weighted by Gasteiger charge is 2.52. The van der Waals surface area contributed by atoms with E-state index >= 15 is 0 Å².